The van der Waals surface area contributed by atoms with Gasteiger partial charge in [0, 0.05) is 19.6 Å². The second-order valence-electron chi connectivity index (χ2n) is 6.55. The molecule has 4 heteroatoms. The SMILES string of the molecule is CC(C)CCN(CCC(C)C)C(=NCC(C)C)NN. The van der Waals surface area contributed by atoms with Crippen molar-refractivity contribution in [1.82, 2.24) is 10.3 Å². The fourth-order valence-electron chi connectivity index (χ4n) is 1.66. The highest BCUT2D eigenvalue weighted by Gasteiger charge is 2.12. The third-order valence-electron chi connectivity index (χ3n) is 2.99. The summed E-state index contributed by atoms with van der Waals surface area (Å²) >= 11 is 0. The molecule has 0 atom stereocenters. The number of hydrazine groups is 1. The lowest BCUT2D eigenvalue weighted by Gasteiger charge is -2.27. The van der Waals surface area contributed by atoms with Crippen LogP contribution < -0.4 is 11.3 Å². The summed E-state index contributed by atoms with van der Waals surface area (Å²) in [5, 5.41) is 0. The summed E-state index contributed by atoms with van der Waals surface area (Å²) in [6, 6.07) is 0. The Morgan fingerprint density at radius 3 is 1.74 bits per heavy atom. The number of nitrogens with zero attached hydrogens (tertiary/aromatic N) is 2. The molecule has 0 aliphatic carbocycles. The van der Waals surface area contributed by atoms with Crippen LogP contribution in [-0.2, 0) is 0 Å². The van der Waals surface area contributed by atoms with Crippen LogP contribution in [0.5, 0.6) is 0 Å². The third-order valence-corrected chi connectivity index (χ3v) is 2.99. The Labute approximate surface area is 119 Å². The largest absolute Gasteiger partial charge is 0.342 e. The van der Waals surface area contributed by atoms with Crippen molar-refractivity contribution in [2.45, 2.75) is 54.4 Å². The van der Waals surface area contributed by atoms with Crippen LogP contribution in [0, 0.1) is 17.8 Å². The molecule has 0 aromatic heterocycles. The van der Waals surface area contributed by atoms with Crippen LogP contribution in [0.4, 0.5) is 0 Å². The molecule has 0 radical (unpaired) electrons. The molecule has 0 heterocycles. The van der Waals surface area contributed by atoms with E-state index in [4.69, 9.17) is 5.84 Å². The van der Waals surface area contributed by atoms with Gasteiger partial charge in [-0.3, -0.25) is 10.4 Å². The summed E-state index contributed by atoms with van der Waals surface area (Å²) in [6.45, 7) is 16.2. The molecule has 0 fully saturated rings. The molecule has 0 aliphatic heterocycles. The number of hydrogen-bond donors (Lipinski definition) is 2. The molecule has 0 spiro atoms. The van der Waals surface area contributed by atoms with E-state index in [0.717, 1.165) is 25.6 Å². The summed E-state index contributed by atoms with van der Waals surface area (Å²) in [4.78, 5) is 6.90. The zero-order valence-electron chi connectivity index (χ0n) is 13.7. The first-order valence-corrected chi connectivity index (χ1v) is 7.62. The zero-order chi connectivity index (χ0) is 14.8. The number of aliphatic imine (C=N–C) groups is 1. The smallest absolute Gasteiger partial charge is 0.208 e. The maximum Gasteiger partial charge on any atom is 0.208 e. The normalized spacial score (nSPS) is 12.6. The average Bonchev–Trinajstić information content (AvgIpc) is 2.31. The van der Waals surface area contributed by atoms with E-state index in [-0.39, 0.29) is 0 Å². The first kappa shape index (κ1) is 18.2. The first-order valence-electron chi connectivity index (χ1n) is 7.62. The molecule has 0 aromatic carbocycles. The quantitative estimate of drug-likeness (QED) is 0.309. The Kier molecular flexibility index (Phi) is 9.66. The van der Waals surface area contributed by atoms with E-state index in [1.165, 1.54) is 12.8 Å². The Morgan fingerprint density at radius 2 is 1.42 bits per heavy atom. The van der Waals surface area contributed by atoms with Crippen LogP contribution in [0.2, 0.25) is 0 Å². The number of hydrogen-bond acceptors (Lipinski definition) is 2. The highest BCUT2D eigenvalue weighted by Crippen LogP contribution is 2.07. The molecule has 0 aromatic rings. The van der Waals surface area contributed by atoms with Crippen molar-refractivity contribution in [2.24, 2.45) is 28.6 Å². The van der Waals surface area contributed by atoms with Crippen LogP contribution in [0.1, 0.15) is 54.4 Å². The summed E-state index contributed by atoms with van der Waals surface area (Å²) in [6.07, 6.45) is 2.33. The molecular formula is C15H34N4. The minimum atomic E-state index is 0.556. The number of rotatable bonds is 8. The van der Waals surface area contributed by atoms with Crippen molar-refractivity contribution in [1.29, 1.82) is 0 Å². The van der Waals surface area contributed by atoms with Crippen LogP contribution in [-0.4, -0.2) is 30.5 Å². The van der Waals surface area contributed by atoms with Gasteiger partial charge >= 0.3 is 0 Å². The number of nitrogens with two attached hydrogens (primary N) is 1. The van der Waals surface area contributed by atoms with E-state index in [2.05, 4.69) is 56.9 Å². The minimum Gasteiger partial charge on any atom is -0.342 e. The maximum absolute atomic E-state index is 5.65. The lowest BCUT2D eigenvalue weighted by Crippen LogP contribution is -2.46. The molecule has 4 nitrogen and oxygen atoms in total. The zero-order valence-corrected chi connectivity index (χ0v) is 13.7. The minimum absolute atomic E-state index is 0.556. The molecule has 0 saturated heterocycles. The van der Waals surface area contributed by atoms with Gasteiger partial charge in [0.05, 0.1) is 0 Å². The van der Waals surface area contributed by atoms with Gasteiger partial charge in [-0.1, -0.05) is 41.5 Å². The van der Waals surface area contributed by atoms with Gasteiger partial charge in [-0.25, -0.2) is 5.84 Å². The molecule has 0 unspecified atom stereocenters. The molecule has 114 valence electrons. The van der Waals surface area contributed by atoms with E-state index in [1.54, 1.807) is 0 Å². The topological polar surface area (TPSA) is 53.6 Å². The highest BCUT2D eigenvalue weighted by molar-refractivity contribution is 5.79. The van der Waals surface area contributed by atoms with Gasteiger partial charge in [-0.2, -0.15) is 0 Å². The van der Waals surface area contributed by atoms with E-state index in [1.807, 2.05) is 0 Å². The van der Waals surface area contributed by atoms with Crippen LogP contribution in [0.25, 0.3) is 0 Å². The van der Waals surface area contributed by atoms with Crippen molar-refractivity contribution in [2.75, 3.05) is 19.6 Å². The molecular weight excluding hydrogens is 236 g/mol. The average molecular weight is 270 g/mol. The molecule has 0 bridgehead atoms. The highest BCUT2D eigenvalue weighted by atomic mass is 15.4. The molecule has 3 N–H and O–H groups in total. The molecule has 0 saturated carbocycles. The van der Waals surface area contributed by atoms with Crippen LogP contribution in [0.15, 0.2) is 4.99 Å². The lowest BCUT2D eigenvalue weighted by molar-refractivity contribution is 0.343. The Balaban J connectivity index is 4.59. The Morgan fingerprint density at radius 1 is 0.947 bits per heavy atom. The van der Waals surface area contributed by atoms with Gasteiger partial charge < -0.3 is 4.90 Å². The van der Waals surface area contributed by atoms with Gasteiger partial charge in [-0.05, 0) is 30.6 Å². The number of guanidine groups is 1. The molecule has 0 amide bonds. The Bertz CT molecular complexity index is 235. The molecule has 0 rings (SSSR count). The van der Waals surface area contributed by atoms with Crippen molar-refractivity contribution >= 4 is 5.96 Å². The standard InChI is InChI=1S/C15H34N4/c1-12(2)7-9-19(10-8-13(3)4)15(18-16)17-11-14(5)6/h12-14H,7-11,16H2,1-6H3,(H,17,18). The Hall–Kier alpha value is -0.770. The summed E-state index contributed by atoms with van der Waals surface area (Å²) < 4.78 is 0. The lowest BCUT2D eigenvalue weighted by atomic mass is 10.1. The van der Waals surface area contributed by atoms with E-state index >= 15 is 0 Å². The number of nitrogens with one attached hydrogen (secondary N) is 1. The second kappa shape index (κ2) is 10.1. The monoisotopic (exact) mass is 270 g/mol. The second-order valence-corrected chi connectivity index (χ2v) is 6.55. The van der Waals surface area contributed by atoms with Crippen LogP contribution in [0.3, 0.4) is 0 Å². The van der Waals surface area contributed by atoms with Gasteiger partial charge in [0.15, 0.2) is 0 Å². The van der Waals surface area contributed by atoms with Gasteiger partial charge in [0.2, 0.25) is 5.96 Å². The van der Waals surface area contributed by atoms with Crippen molar-refractivity contribution in [3.8, 4) is 0 Å². The fourth-order valence-corrected chi connectivity index (χ4v) is 1.66. The van der Waals surface area contributed by atoms with Gasteiger partial charge in [-0.15, -0.1) is 0 Å². The predicted molar refractivity (Wildman–Crippen MR) is 84.9 cm³/mol. The summed E-state index contributed by atoms with van der Waals surface area (Å²) in [5.74, 6) is 8.45. The van der Waals surface area contributed by atoms with E-state index in [0.29, 0.717) is 17.8 Å². The predicted octanol–water partition coefficient (Wildman–Crippen LogP) is 2.86. The molecule has 19 heavy (non-hydrogen) atoms. The van der Waals surface area contributed by atoms with Crippen molar-refractivity contribution < 1.29 is 0 Å². The van der Waals surface area contributed by atoms with Crippen LogP contribution >= 0.6 is 0 Å². The van der Waals surface area contributed by atoms with Gasteiger partial charge in [0.25, 0.3) is 0 Å². The summed E-state index contributed by atoms with van der Waals surface area (Å²) in [5.41, 5.74) is 2.78. The van der Waals surface area contributed by atoms with Gasteiger partial charge in [0.1, 0.15) is 0 Å². The fraction of sp³-hybridized carbons (Fsp3) is 0.933. The van der Waals surface area contributed by atoms with E-state index in [9.17, 15) is 0 Å². The molecule has 0 aliphatic rings. The maximum atomic E-state index is 5.65. The van der Waals surface area contributed by atoms with Crippen molar-refractivity contribution in [3.05, 3.63) is 0 Å². The van der Waals surface area contributed by atoms with E-state index < -0.39 is 0 Å². The van der Waals surface area contributed by atoms with Crippen molar-refractivity contribution in [3.63, 3.8) is 0 Å². The third kappa shape index (κ3) is 9.77. The first-order chi connectivity index (χ1) is 8.86. The summed E-state index contributed by atoms with van der Waals surface area (Å²) in [7, 11) is 0.